The van der Waals surface area contributed by atoms with Gasteiger partial charge in [-0.3, -0.25) is 14.6 Å². The van der Waals surface area contributed by atoms with Gasteiger partial charge in [0.1, 0.15) is 6.10 Å². The molecule has 9 heteroatoms. The molecule has 2 spiro atoms. The second kappa shape index (κ2) is 8.88. The van der Waals surface area contributed by atoms with Crippen LogP contribution in [0.5, 0.6) is 23.0 Å². The number of benzene rings is 2. The quantitative estimate of drug-likeness (QED) is 0.367. The highest BCUT2D eigenvalue weighted by atomic mass is 16.5. The third-order valence-electron chi connectivity index (χ3n) is 13.8. The zero-order valence-corrected chi connectivity index (χ0v) is 26.3. The van der Waals surface area contributed by atoms with Crippen molar-refractivity contribution < 1.29 is 34.7 Å². The largest absolute Gasteiger partial charge is 0.504 e. The molecule has 2 aromatic rings. The first kappa shape index (κ1) is 28.4. The van der Waals surface area contributed by atoms with Gasteiger partial charge in [0.2, 0.25) is 0 Å². The van der Waals surface area contributed by atoms with Crippen molar-refractivity contribution in [2.45, 2.75) is 84.8 Å². The number of ketones is 1. The van der Waals surface area contributed by atoms with E-state index in [2.05, 4.69) is 23.0 Å². The molecule has 6 unspecified atom stereocenters. The van der Waals surface area contributed by atoms with E-state index in [1.54, 1.807) is 12.1 Å². The highest BCUT2D eigenvalue weighted by molar-refractivity contribution is 5.94. The molecule has 0 radical (unpaired) electrons. The van der Waals surface area contributed by atoms with Crippen molar-refractivity contribution >= 4 is 5.78 Å². The fraction of sp³-hybridized carbons (Fsp3) is 0.500. The zero-order valence-electron chi connectivity index (χ0n) is 26.3. The number of hydrogen-bond donors (Lipinski definition) is 4. The minimum absolute atomic E-state index is 0.0101. The van der Waals surface area contributed by atoms with Crippen molar-refractivity contribution in [3.63, 3.8) is 0 Å². The number of carbonyl (C=O) groups excluding carboxylic acids is 1. The van der Waals surface area contributed by atoms with Crippen molar-refractivity contribution in [3.8, 4) is 23.0 Å². The first-order valence-corrected chi connectivity index (χ1v) is 17.1. The smallest absolute Gasteiger partial charge is 0.181 e. The molecule has 47 heavy (non-hydrogen) atoms. The summed E-state index contributed by atoms with van der Waals surface area (Å²) in [6.45, 7) is 10.6. The molecule has 4 aliphatic carbocycles. The molecule has 8 aliphatic rings. The van der Waals surface area contributed by atoms with Crippen LogP contribution >= 0.6 is 0 Å². The third kappa shape index (κ3) is 2.94. The standard InChI is InChI=1S/C38H40N2O7/c1-3-13-39-15-11-35-28-20-5-7-24(41)31(28)46-33(35)22(9-10-37(35,44)26(39)17-20)23-19-38(45)27-18-21-6-8-25(42)32-29(21)36(38,34(47-32)30(23)43)12-16-40(27)14-4-2/h3-9,23,26-27,33-34,41-42,44-45H,1-2,10-19H2/t23?,26-,27?,33?,34?,35?,36?,37-,38-/m1/s1. The van der Waals surface area contributed by atoms with Crippen LogP contribution in [0.2, 0.25) is 0 Å². The van der Waals surface area contributed by atoms with Gasteiger partial charge in [0.15, 0.2) is 34.9 Å². The average molecular weight is 637 g/mol. The number of phenols is 2. The van der Waals surface area contributed by atoms with Gasteiger partial charge in [0.25, 0.3) is 0 Å². The molecule has 2 saturated heterocycles. The number of Topliss-reactive ketones (excluding diaryl/α,β-unsaturated/α-hetero) is 1. The Morgan fingerprint density at radius 2 is 1.34 bits per heavy atom. The van der Waals surface area contributed by atoms with Crippen molar-refractivity contribution in [1.82, 2.24) is 9.80 Å². The van der Waals surface area contributed by atoms with Crippen molar-refractivity contribution in [1.29, 1.82) is 0 Å². The maximum atomic E-state index is 15.0. The van der Waals surface area contributed by atoms with Gasteiger partial charge < -0.3 is 29.9 Å². The third-order valence-corrected chi connectivity index (χ3v) is 13.8. The fourth-order valence-electron chi connectivity index (χ4n) is 12.1. The molecule has 4 heterocycles. The molecule has 9 atom stereocenters. The predicted octanol–water partition coefficient (Wildman–Crippen LogP) is 2.81. The molecule has 2 aromatic carbocycles. The van der Waals surface area contributed by atoms with E-state index < -0.39 is 40.2 Å². The Bertz CT molecular complexity index is 1850. The van der Waals surface area contributed by atoms with E-state index in [9.17, 15) is 20.4 Å². The topological polar surface area (TPSA) is 123 Å². The summed E-state index contributed by atoms with van der Waals surface area (Å²) in [6.07, 6.45) is 6.88. The van der Waals surface area contributed by atoms with Crippen LogP contribution in [0.15, 0.2) is 61.2 Å². The number of aromatic hydroxyl groups is 2. The first-order chi connectivity index (χ1) is 22.6. The molecule has 0 amide bonds. The predicted molar refractivity (Wildman–Crippen MR) is 172 cm³/mol. The van der Waals surface area contributed by atoms with Gasteiger partial charge in [-0.15, -0.1) is 13.2 Å². The van der Waals surface area contributed by atoms with Gasteiger partial charge in [-0.2, -0.15) is 0 Å². The molecule has 4 aliphatic heterocycles. The zero-order chi connectivity index (χ0) is 32.2. The Kier molecular flexibility index (Phi) is 5.36. The van der Waals surface area contributed by atoms with Crippen LogP contribution in [0.1, 0.15) is 47.9 Å². The number of piperidine rings is 2. The number of likely N-dealkylation sites (tertiary alicyclic amines) is 2. The van der Waals surface area contributed by atoms with E-state index in [1.165, 1.54) is 0 Å². The van der Waals surface area contributed by atoms with Crippen LogP contribution in [0.4, 0.5) is 0 Å². The average Bonchev–Trinajstić information content (AvgIpc) is 3.59. The van der Waals surface area contributed by atoms with Crippen molar-refractivity contribution in [2.75, 3.05) is 26.2 Å². The molecular weight excluding hydrogens is 596 g/mol. The Labute approximate surface area is 273 Å². The SMILES string of the molecule is C=CCN1CCC23c4c5ccc(O)c4OC2C(=O)C(C2=CC[C@@]4(O)[C@H]6Cc7ccc(O)c8c7C4(CCN6CC=C)C2O8)C[C@@]3(O)C1C5. The molecule has 4 bridgehead atoms. The van der Waals surface area contributed by atoms with Crippen LogP contribution in [0, 0.1) is 5.92 Å². The minimum Gasteiger partial charge on any atom is -0.504 e. The first-order valence-electron chi connectivity index (χ1n) is 17.1. The lowest BCUT2D eigenvalue weighted by Gasteiger charge is -2.65. The molecular formula is C38H40N2O7. The van der Waals surface area contributed by atoms with Crippen LogP contribution in [0.25, 0.3) is 0 Å². The van der Waals surface area contributed by atoms with Gasteiger partial charge in [-0.05, 0) is 67.4 Å². The van der Waals surface area contributed by atoms with Crippen LogP contribution in [0.3, 0.4) is 0 Å². The number of phenolic OH excluding ortho intramolecular Hbond substituents is 2. The molecule has 10 rings (SSSR count). The Morgan fingerprint density at radius 3 is 1.91 bits per heavy atom. The lowest BCUT2D eigenvalue weighted by Crippen LogP contribution is -2.78. The Morgan fingerprint density at radius 1 is 0.809 bits per heavy atom. The molecule has 9 nitrogen and oxygen atoms in total. The Hall–Kier alpha value is -3.63. The second-order valence-corrected chi connectivity index (χ2v) is 15.3. The van der Waals surface area contributed by atoms with E-state index in [1.807, 2.05) is 30.4 Å². The lowest BCUT2D eigenvalue weighted by molar-refractivity contribution is -0.196. The number of rotatable bonds is 5. The molecule has 3 fully saturated rings. The highest BCUT2D eigenvalue weighted by Crippen LogP contribution is 2.69. The maximum Gasteiger partial charge on any atom is 0.181 e. The molecule has 244 valence electrons. The molecule has 4 N–H and O–H groups in total. The fourth-order valence-corrected chi connectivity index (χ4v) is 12.1. The van der Waals surface area contributed by atoms with Crippen LogP contribution < -0.4 is 9.47 Å². The van der Waals surface area contributed by atoms with E-state index in [0.29, 0.717) is 69.8 Å². The molecule has 0 aromatic heterocycles. The van der Waals surface area contributed by atoms with Gasteiger partial charge in [-0.25, -0.2) is 0 Å². The number of carbonyl (C=O) groups is 1. The van der Waals surface area contributed by atoms with Crippen LogP contribution in [-0.2, 0) is 28.5 Å². The number of hydrogen-bond acceptors (Lipinski definition) is 9. The lowest BCUT2D eigenvalue weighted by atomic mass is 9.44. The van der Waals surface area contributed by atoms with E-state index >= 15 is 4.79 Å². The summed E-state index contributed by atoms with van der Waals surface area (Å²) in [7, 11) is 0. The normalized spacial score (nSPS) is 41.7. The Balaban J connectivity index is 1.14. The minimum atomic E-state index is -1.34. The van der Waals surface area contributed by atoms with Gasteiger partial charge in [-0.1, -0.05) is 30.4 Å². The molecule has 1 saturated carbocycles. The van der Waals surface area contributed by atoms with E-state index in [4.69, 9.17) is 9.47 Å². The number of nitrogens with zero attached hydrogens (tertiary/aromatic N) is 2. The number of aliphatic hydroxyl groups is 2. The summed E-state index contributed by atoms with van der Waals surface area (Å²) in [4.78, 5) is 19.6. The number of ether oxygens (including phenoxy) is 2. The highest BCUT2D eigenvalue weighted by Gasteiger charge is 2.77. The summed E-state index contributed by atoms with van der Waals surface area (Å²) in [5, 5.41) is 48.2. The summed E-state index contributed by atoms with van der Waals surface area (Å²) in [5.74, 6) is -0.110. The summed E-state index contributed by atoms with van der Waals surface area (Å²) < 4.78 is 13.3. The van der Waals surface area contributed by atoms with Crippen LogP contribution in [-0.4, -0.2) is 97.7 Å². The second-order valence-electron chi connectivity index (χ2n) is 15.3. The van der Waals surface area contributed by atoms with Gasteiger partial charge in [0, 0.05) is 55.3 Å². The van der Waals surface area contributed by atoms with Crippen molar-refractivity contribution in [2.24, 2.45) is 5.92 Å². The van der Waals surface area contributed by atoms with E-state index in [0.717, 1.165) is 27.8 Å². The summed E-state index contributed by atoms with van der Waals surface area (Å²) in [6, 6.07) is 6.71. The van der Waals surface area contributed by atoms with E-state index in [-0.39, 0.29) is 35.8 Å². The van der Waals surface area contributed by atoms with Gasteiger partial charge >= 0.3 is 0 Å². The maximum absolute atomic E-state index is 15.0. The summed E-state index contributed by atoms with van der Waals surface area (Å²) >= 11 is 0. The van der Waals surface area contributed by atoms with Gasteiger partial charge in [0.05, 0.1) is 22.0 Å². The summed E-state index contributed by atoms with van der Waals surface area (Å²) in [5.41, 5.74) is 0.117. The monoisotopic (exact) mass is 636 g/mol. The van der Waals surface area contributed by atoms with Crippen molar-refractivity contribution in [3.05, 3.63) is 83.5 Å².